The fourth-order valence-electron chi connectivity index (χ4n) is 1.87. The third-order valence-corrected chi connectivity index (χ3v) is 3.13. The summed E-state index contributed by atoms with van der Waals surface area (Å²) in [5.41, 5.74) is 0.878. The van der Waals surface area contributed by atoms with Gasteiger partial charge in [-0.05, 0) is 48.0 Å². The molecular formula is C18H15FO5. The number of methoxy groups -OCH3 is 1. The number of phenolic OH excluding ortho intramolecular Hbond substituents is 1. The summed E-state index contributed by atoms with van der Waals surface area (Å²) in [7, 11) is 1.41. The van der Waals surface area contributed by atoms with E-state index in [-0.39, 0.29) is 17.1 Å². The normalized spacial score (nSPS) is 10.6. The number of carbonyl (C=O) groups is 2. The van der Waals surface area contributed by atoms with Gasteiger partial charge in [0.1, 0.15) is 5.82 Å². The van der Waals surface area contributed by atoms with Gasteiger partial charge in [0, 0.05) is 11.6 Å². The maximum atomic E-state index is 12.8. The van der Waals surface area contributed by atoms with Crippen molar-refractivity contribution in [2.75, 3.05) is 13.7 Å². The number of ketones is 1. The van der Waals surface area contributed by atoms with E-state index in [2.05, 4.69) is 0 Å². The quantitative estimate of drug-likeness (QED) is 0.501. The zero-order valence-electron chi connectivity index (χ0n) is 12.9. The zero-order valence-corrected chi connectivity index (χ0v) is 12.9. The van der Waals surface area contributed by atoms with E-state index in [1.54, 1.807) is 12.1 Å². The summed E-state index contributed by atoms with van der Waals surface area (Å²) >= 11 is 0. The first kappa shape index (κ1) is 17.2. The highest BCUT2D eigenvalue weighted by Gasteiger charge is 2.08. The van der Waals surface area contributed by atoms with Crippen LogP contribution in [0.2, 0.25) is 0 Å². The third-order valence-electron chi connectivity index (χ3n) is 3.13. The number of halogens is 1. The lowest BCUT2D eigenvalue weighted by atomic mass is 10.1. The van der Waals surface area contributed by atoms with Crippen molar-refractivity contribution in [3.63, 3.8) is 0 Å². The molecule has 5 nitrogen and oxygen atoms in total. The van der Waals surface area contributed by atoms with Gasteiger partial charge in [-0.3, -0.25) is 4.79 Å². The summed E-state index contributed by atoms with van der Waals surface area (Å²) < 4.78 is 22.6. The Morgan fingerprint density at radius 3 is 2.54 bits per heavy atom. The van der Waals surface area contributed by atoms with Crippen molar-refractivity contribution in [3.05, 3.63) is 65.5 Å². The topological polar surface area (TPSA) is 72.8 Å². The molecule has 2 rings (SSSR count). The highest BCUT2D eigenvalue weighted by atomic mass is 19.1. The van der Waals surface area contributed by atoms with Gasteiger partial charge in [-0.1, -0.05) is 6.07 Å². The fourth-order valence-corrected chi connectivity index (χ4v) is 1.87. The lowest BCUT2D eigenvalue weighted by Crippen LogP contribution is -2.12. The van der Waals surface area contributed by atoms with E-state index in [9.17, 15) is 19.1 Å². The molecule has 0 radical (unpaired) electrons. The summed E-state index contributed by atoms with van der Waals surface area (Å²) in [6.07, 6.45) is 2.62. The summed E-state index contributed by atoms with van der Waals surface area (Å²) in [4.78, 5) is 23.4. The molecule has 0 atom stereocenters. The molecule has 0 unspecified atom stereocenters. The van der Waals surface area contributed by atoms with Gasteiger partial charge in [-0.2, -0.15) is 0 Å². The molecule has 0 aliphatic rings. The summed E-state index contributed by atoms with van der Waals surface area (Å²) in [6, 6.07) is 9.53. The van der Waals surface area contributed by atoms with Crippen LogP contribution in [-0.4, -0.2) is 30.6 Å². The van der Waals surface area contributed by atoms with Gasteiger partial charge < -0.3 is 14.6 Å². The van der Waals surface area contributed by atoms with Gasteiger partial charge >= 0.3 is 5.97 Å². The molecule has 24 heavy (non-hydrogen) atoms. The van der Waals surface area contributed by atoms with Crippen molar-refractivity contribution in [2.45, 2.75) is 0 Å². The number of esters is 1. The molecule has 2 aromatic rings. The first-order valence-corrected chi connectivity index (χ1v) is 7.00. The van der Waals surface area contributed by atoms with E-state index in [1.807, 2.05) is 0 Å². The molecule has 2 aromatic carbocycles. The Hall–Kier alpha value is -3.15. The third kappa shape index (κ3) is 4.67. The molecule has 0 spiro atoms. The Kier molecular flexibility index (Phi) is 5.68. The number of Topliss-reactive ketones (excluding diaryl/α,β-unsaturated/α-hetero) is 1. The SMILES string of the molecule is COc1cc(/C=C/C(=O)OCC(=O)c2ccc(F)cc2)ccc1O. The highest BCUT2D eigenvalue weighted by molar-refractivity contribution is 5.98. The molecule has 0 aromatic heterocycles. The fraction of sp³-hybridized carbons (Fsp3) is 0.111. The maximum absolute atomic E-state index is 12.8. The number of carbonyl (C=O) groups excluding carboxylic acids is 2. The minimum Gasteiger partial charge on any atom is -0.504 e. The van der Waals surface area contributed by atoms with Gasteiger partial charge in [0.25, 0.3) is 0 Å². The number of benzene rings is 2. The molecule has 0 bridgehead atoms. The van der Waals surface area contributed by atoms with Crippen molar-refractivity contribution >= 4 is 17.8 Å². The predicted octanol–water partition coefficient (Wildman–Crippen LogP) is 2.98. The Balaban J connectivity index is 1.91. The van der Waals surface area contributed by atoms with E-state index >= 15 is 0 Å². The number of ether oxygens (including phenoxy) is 2. The van der Waals surface area contributed by atoms with E-state index in [0.717, 1.165) is 18.2 Å². The Morgan fingerprint density at radius 2 is 1.88 bits per heavy atom. The zero-order chi connectivity index (χ0) is 17.5. The van der Waals surface area contributed by atoms with Gasteiger partial charge in [-0.25, -0.2) is 9.18 Å². The first-order chi connectivity index (χ1) is 11.5. The number of rotatable bonds is 6. The average molecular weight is 330 g/mol. The van der Waals surface area contributed by atoms with Gasteiger partial charge in [0.2, 0.25) is 0 Å². The average Bonchev–Trinajstić information content (AvgIpc) is 2.59. The Morgan fingerprint density at radius 1 is 1.17 bits per heavy atom. The molecule has 0 fully saturated rings. The molecule has 0 saturated carbocycles. The van der Waals surface area contributed by atoms with Crippen LogP contribution in [0.25, 0.3) is 6.08 Å². The summed E-state index contributed by atoms with van der Waals surface area (Å²) in [6.45, 7) is -0.437. The van der Waals surface area contributed by atoms with Crippen LogP contribution in [0.15, 0.2) is 48.5 Å². The van der Waals surface area contributed by atoms with Crippen LogP contribution in [0.4, 0.5) is 4.39 Å². The van der Waals surface area contributed by atoms with E-state index in [4.69, 9.17) is 9.47 Å². The van der Waals surface area contributed by atoms with Crippen molar-refractivity contribution < 1.29 is 28.6 Å². The van der Waals surface area contributed by atoms with Crippen LogP contribution in [0.3, 0.4) is 0 Å². The molecule has 1 N–H and O–H groups in total. The minimum atomic E-state index is -0.697. The van der Waals surface area contributed by atoms with Crippen molar-refractivity contribution in [3.8, 4) is 11.5 Å². The Bertz CT molecular complexity index is 765. The molecule has 0 heterocycles. The first-order valence-electron chi connectivity index (χ1n) is 7.00. The van der Waals surface area contributed by atoms with Crippen molar-refractivity contribution in [1.82, 2.24) is 0 Å². The Labute approximate surface area is 137 Å². The van der Waals surface area contributed by atoms with Crippen LogP contribution in [0.5, 0.6) is 11.5 Å². The van der Waals surface area contributed by atoms with Crippen LogP contribution >= 0.6 is 0 Å². The number of hydrogen-bond acceptors (Lipinski definition) is 5. The maximum Gasteiger partial charge on any atom is 0.331 e. The largest absolute Gasteiger partial charge is 0.504 e. The van der Waals surface area contributed by atoms with Crippen molar-refractivity contribution in [1.29, 1.82) is 0 Å². The molecule has 0 amide bonds. The van der Waals surface area contributed by atoms with Crippen LogP contribution in [-0.2, 0) is 9.53 Å². The van der Waals surface area contributed by atoms with Crippen molar-refractivity contribution in [2.24, 2.45) is 0 Å². The monoisotopic (exact) mass is 330 g/mol. The smallest absolute Gasteiger partial charge is 0.331 e. The summed E-state index contributed by atoms with van der Waals surface area (Å²) in [5.74, 6) is -1.31. The molecular weight excluding hydrogens is 315 g/mol. The van der Waals surface area contributed by atoms with Crippen LogP contribution in [0.1, 0.15) is 15.9 Å². The van der Waals surface area contributed by atoms with Crippen LogP contribution < -0.4 is 4.74 Å². The lowest BCUT2D eigenvalue weighted by Gasteiger charge is -2.04. The molecule has 124 valence electrons. The highest BCUT2D eigenvalue weighted by Crippen LogP contribution is 2.26. The molecule has 0 aliphatic heterocycles. The second-order valence-corrected chi connectivity index (χ2v) is 4.80. The standard InChI is InChI=1S/C18H15FO5/c1-23-17-10-12(2-8-15(17)20)3-9-18(22)24-11-16(21)13-4-6-14(19)7-5-13/h2-10,20H,11H2,1H3/b9-3+. The van der Waals surface area contributed by atoms with Gasteiger partial charge in [-0.15, -0.1) is 0 Å². The second-order valence-electron chi connectivity index (χ2n) is 4.80. The van der Waals surface area contributed by atoms with E-state index in [1.165, 1.54) is 31.4 Å². The molecule has 0 aliphatic carbocycles. The molecule has 6 heteroatoms. The second kappa shape index (κ2) is 7.92. The minimum absolute atomic E-state index is 0.0119. The van der Waals surface area contributed by atoms with Gasteiger partial charge in [0.05, 0.1) is 7.11 Å². The number of aromatic hydroxyl groups is 1. The van der Waals surface area contributed by atoms with E-state index < -0.39 is 24.2 Å². The van der Waals surface area contributed by atoms with E-state index in [0.29, 0.717) is 5.56 Å². The summed E-state index contributed by atoms with van der Waals surface area (Å²) in [5, 5.41) is 9.48. The predicted molar refractivity (Wildman–Crippen MR) is 85.4 cm³/mol. The number of phenols is 1. The van der Waals surface area contributed by atoms with Crippen LogP contribution in [0, 0.1) is 5.82 Å². The van der Waals surface area contributed by atoms with Gasteiger partial charge in [0.15, 0.2) is 23.9 Å². The number of hydrogen-bond donors (Lipinski definition) is 1. The lowest BCUT2D eigenvalue weighted by molar-refractivity contribution is -0.136. The molecule has 0 saturated heterocycles.